The van der Waals surface area contributed by atoms with Crippen LogP contribution in [0.4, 0.5) is 0 Å². The van der Waals surface area contributed by atoms with Crippen LogP contribution in [0.15, 0.2) is 103 Å². The van der Waals surface area contributed by atoms with Crippen molar-refractivity contribution >= 4 is 5.91 Å². The zero-order valence-electron chi connectivity index (χ0n) is 18.6. The largest absolute Gasteiger partial charge is 0.508 e. The number of aryl methyl sites for hydroxylation is 1. The molecule has 0 saturated heterocycles. The van der Waals surface area contributed by atoms with Crippen LogP contribution in [0.5, 0.6) is 5.75 Å². The van der Waals surface area contributed by atoms with Gasteiger partial charge >= 0.3 is 0 Å². The van der Waals surface area contributed by atoms with Crippen molar-refractivity contribution in [2.24, 2.45) is 0 Å². The topological polar surface area (TPSA) is 49.3 Å². The number of aromatic hydroxyl groups is 1. The fourth-order valence-corrected chi connectivity index (χ4v) is 5.02. The van der Waals surface area contributed by atoms with Gasteiger partial charge in [0.2, 0.25) is 5.91 Å². The summed E-state index contributed by atoms with van der Waals surface area (Å²) in [5, 5.41) is 13.4. The van der Waals surface area contributed by atoms with E-state index in [4.69, 9.17) is 0 Å². The van der Waals surface area contributed by atoms with Gasteiger partial charge in [-0.05, 0) is 52.8 Å². The van der Waals surface area contributed by atoms with E-state index < -0.39 is 0 Å². The number of carbonyl (C=O) groups is 1. The molecule has 33 heavy (non-hydrogen) atoms. The van der Waals surface area contributed by atoms with Crippen molar-refractivity contribution in [2.45, 2.75) is 31.2 Å². The van der Waals surface area contributed by atoms with Crippen LogP contribution in [0.25, 0.3) is 0 Å². The SMILES string of the molecule is Cc1cc([C@H]2Cc3ccccc3[C@H]2NC(=O)C(c2ccccc2)c2ccccc2)ccc1O. The molecule has 0 aliphatic heterocycles. The zero-order valence-corrected chi connectivity index (χ0v) is 18.6. The first-order valence-electron chi connectivity index (χ1n) is 11.4. The van der Waals surface area contributed by atoms with Gasteiger partial charge < -0.3 is 10.4 Å². The fourth-order valence-electron chi connectivity index (χ4n) is 5.02. The third-order valence-electron chi connectivity index (χ3n) is 6.71. The first-order valence-corrected chi connectivity index (χ1v) is 11.4. The number of hydrogen-bond acceptors (Lipinski definition) is 2. The van der Waals surface area contributed by atoms with Crippen LogP contribution in [0.2, 0.25) is 0 Å². The van der Waals surface area contributed by atoms with Crippen molar-refractivity contribution in [3.8, 4) is 5.75 Å². The van der Waals surface area contributed by atoms with Gasteiger partial charge in [0.15, 0.2) is 0 Å². The second-order valence-corrected chi connectivity index (χ2v) is 8.80. The molecule has 2 atom stereocenters. The molecule has 5 rings (SSSR count). The average Bonchev–Trinajstić information content (AvgIpc) is 3.21. The number of benzene rings is 4. The number of fused-ring (bicyclic) bond motifs is 1. The quantitative estimate of drug-likeness (QED) is 0.404. The summed E-state index contributed by atoms with van der Waals surface area (Å²) in [6.45, 7) is 1.91. The number of phenols is 1. The molecule has 0 spiro atoms. The highest BCUT2D eigenvalue weighted by Crippen LogP contribution is 2.43. The third kappa shape index (κ3) is 4.14. The van der Waals surface area contributed by atoms with Gasteiger partial charge in [-0.2, -0.15) is 0 Å². The Kier molecular flexibility index (Phi) is 5.70. The average molecular weight is 434 g/mol. The molecule has 164 valence electrons. The molecule has 0 fully saturated rings. The van der Waals surface area contributed by atoms with Crippen molar-refractivity contribution < 1.29 is 9.90 Å². The summed E-state index contributed by atoms with van der Waals surface area (Å²) < 4.78 is 0. The molecule has 0 radical (unpaired) electrons. The monoisotopic (exact) mass is 433 g/mol. The van der Waals surface area contributed by atoms with E-state index >= 15 is 0 Å². The second kappa shape index (κ2) is 8.95. The molecule has 4 aromatic carbocycles. The Balaban J connectivity index is 1.52. The summed E-state index contributed by atoms with van der Waals surface area (Å²) in [7, 11) is 0. The van der Waals surface area contributed by atoms with Crippen LogP contribution in [0.1, 0.15) is 51.3 Å². The Morgan fingerprint density at radius 2 is 1.45 bits per heavy atom. The molecule has 3 nitrogen and oxygen atoms in total. The molecule has 0 saturated carbocycles. The van der Waals surface area contributed by atoms with E-state index in [0.717, 1.165) is 28.7 Å². The normalized spacial score (nSPS) is 17.0. The van der Waals surface area contributed by atoms with E-state index in [2.05, 4.69) is 23.5 Å². The number of carbonyl (C=O) groups excluding carboxylic acids is 1. The maximum atomic E-state index is 13.9. The van der Waals surface area contributed by atoms with Crippen LogP contribution < -0.4 is 5.32 Å². The van der Waals surface area contributed by atoms with Gasteiger partial charge in [0.05, 0.1) is 12.0 Å². The van der Waals surface area contributed by atoms with Gasteiger partial charge in [-0.1, -0.05) is 97.1 Å². The lowest BCUT2D eigenvalue weighted by atomic mass is 9.88. The number of rotatable bonds is 5. The van der Waals surface area contributed by atoms with Gasteiger partial charge in [0.1, 0.15) is 5.75 Å². The van der Waals surface area contributed by atoms with Gasteiger partial charge in [0.25, 0.3) is 0 Å². The third-order valence-corrected chi connectivity index (χ3v) is 6.71. The molecule has 0 unspecified atom stereocenters. The maximum Gasteiger partial charge on any atom is 0.232 e. The van der Waals surface area contributed by atoms with Gasteiger partial charge in [-0.15, -0.1) is 0 Å². The Bertz CT molecular complexity index is 1230. The summed E-state index contributed by atoms with van der Waals surface area (Å²) >= 11 is 0. The van der Waals surface area contributed by atoms with E-state index in [-0.39, 0.29) is 23.8 Å². The molecule has 4 aromatic rings. The highest BCUT2D eigenvalue weighted by molar-refractivity contribution is 5.87. The fraction of sp³-hybridized carbons (Fsp3) is 0.167. The first kappa shape index (κ1) is 21.0. The summed E-state index contributed by atoms with van der Waals surface area (Å²) in [4.78, 5) is 13.9. The van der Waals surface area contributed by atoms with Gasteiger partial charge in [0, 0.05) is 5.92 Å². The highest BCUT2D eigenvalue weighted by atomic mass is 16.3. The molecule has 0 aromatic heterocycles. The lowest BCUT2D eigenvalue weighted by Gasteiger charge is -2.26. The van der Waals surface area contributed by atoms with Crippen LogP contribution in [0.3, 0.4) is 0 Å². The standard InChI is InChI=1S/C30H27NO2/c1-20-18-24(16-17-27(20)32)26-19-23-14-8-9-15-25(23)29(26)31-30(33)28(21-10-4-2-5-11-21)22-12-6-3-7-13-22/h2-18,26,28-29,32H,19H2,1H3,(H,31,33)/t26-,29-/m1/s1. The van der Waals surface area contributed by atoms with Gasteiger partial charge in [-0.3, -0.25) is 4.79 Å². The van der Waals surface area contributed by atoms with Crippen molar-refractivity contribution in [2.75, 3.05) is 0 Å². The molecular formula is C30H27NO2. The molecule has 1 amide bonds. The summed E-state index contributed by atoms with van der Waals surface area (Å²) in [5.74, 6) is 0.0119. The predicted molar refractivity (Wildman–Crippen MR) is 131 cm³/mol. The minimum absolute atomic E-state index is 0.00500. The van der Waals surface area contributed by atoms with Gasteiger partial charge in [-0.25, -0.2) is 0 Å². The number of phenolic OH excluding ortho intramolecular Hbond substituents is 1. The maximum absolute atomic E-state index is 13.9. The summed E-state index contributed by atoms with van der Waals surface area (Å²) in [6.07, 6.45) is 0.854. The van der Waals surface area contributed by atoms with E-state index in [1.807, 2.05) is 85.8 Å². The number of nitrogens with one attached hydrogen (secondary N) is 1. The van der Waals surface area contributed by atoms with Crippen LogP contribution in [0, 0.1) is 6.92 Å². The minimum atomic E-state index is -0.387. The lowest BCUT2D eigenvalue weighted by Crippen LogP contribution is -2.35. The summed E-state index contributed by atoms with van der Waals surface area (Å²) in [5.41, 5.74) is 6.35. The van der Waals surface area contributed by atoms with E-state index in [1.54, 1.807) is 6.07 Å². The molecular weight excluding hydrogens is 406 g/mol. The van der Waals surface area contributed by atoms with Crippen LogP contribution in [-0.2, 0) is 11.2 Å². The lowest BCUT2D eigenvalue weighted by molar-refractivity contribution is -0.122. The Morgan fingerprint density at radius 1 is 0.848 bits per heavy atom. The molecule has 3 heteroatoms. The molecule has 1 aliphatic rings. The first-order chi connectivity index (χ1) is 16.1. The predicted octanol–water partition coefficient (Wildman–Crippen LogP) is 6.03. The van der Waals surface area contributed by atoms with Crippen molar-refractivity contribution in [3.05, 3.63) is 137 Å². The highest BCUT2D eigenvalue weighted by Gasteiger charge is 2.36. The molecule has 0 heterocycles. The van der Waals surface area contributed by atoms with E-state index in [9.17, 15) is 9.90 Å². The molecule has 2 N–H and O–H groups in total. The molecule has 0 bridgehead atoms. The van der Waals surface area contributed by atoms with Crippen LogP contribution in [-0.4, -0.2) is 11.0 Å². The van der Waals surface area contributed by atoms with Crippen molar-refractivity contribution in [1.29, 1.82) is 0 Å². The minimum Gasteiger partial charge on any atom is -0.508 e. The zero-order chi connectivity index (χ0) is 22.8. The van der Waals surface area contributed by atoms with E-state index in [1.165, 1.54) is 11.1 Å². The Morgan fingerprint density at radius 3 is 2.09 bits per heavy atom. The van der Waals surface area contributed by atoms with Crippen molar-refractivity contribution in [1.82, 2.24) is 5.32 Å². The van der Waals surface area contributed by atoms with Crippen LogP contribution >= 0.6 is 0 Å². The number of hydrogen-bond donors (Lipinski definition) is 2. The molecule has 1 aliphatic carbocycles. The Labute approximate surface area is 194 Å². The second-order valence-electron chi connectivity index (χ2n) is 8.80. The van der Waals surface area contributed by atoms with E-state index in [0.29, 0.717) is 5.75 Å². The smallest absolute Gasteiger partial charge is 0.232 e. The number of amides is 1. The summed E-state index contributed by atoms with van der Waals surface area (Å²) in [6, 6.07) is 33.9. The van der Waals surface area contributed by atoms with Crippen molar-refractivity contribution in [3.63, 3.8) is 0 Å². The Hall–Kier alpha value is -3.85.